The van der Waals surface area contributed by atoms with E-state index in [9.17, 15) is 13.7 Å². The van der Waals surface area contributed by atoms with E-state index < -0.39 is 15.2 Å². The van der Waals surface area contributed by atoms with Crippen LogP contribution in [0.25, 0.3) is 0 Å². The van der Waals surface area contributed by atoms with Crippen molar-refractivity contribution >= 4 is 15.2 Å². The Morgan fingerprint density at radius 1 is 1.05 bits per heavy atom. The normalized spacial score (nSPS) is 16.9. The van der Waals surface area contributed by atoms with Gasteiger partial charge in [-0.3, -0.25) is 9.13 Å². The van der Waals surface area contributed by atoms with Crippen LogP contribution in [0.4, 0.5) is 4.53 Å². The van der Waals surface area contributed by atoms with Gasteiger partial charge in [0.05, 0.1) is 12.8 Å². The summed E-state index contributed by atoms with van der Waals surface area (Å²) in [5, 5.41) is 0. The van der Waals surface area contributed by atoms with E-state index in [1.54, 1.807) is 6.92 Å². The van der Waals surface area contributed by atoms with E-state index in [1.165, 1.54) is 19.3 Å². The maximum Gasteiger partial charge on any atom is 0.367 e. The van der Waals surface area contributed by atoms with Crippen molar-refractivity contribution in [1.82, 2.24) is 0 Å². The smallest absolute Gasteiger partial charge is 0.309 e. The Kier molecular flexibility index (Phi) is 12.4. The molecule has 0 saturated heterocycles. The van der Waals surface area contributed by atoms with Gasteiger partial charge in [0.1, 0.15) is 0 Å². The molecule has 5 nitrogen and oxygen atoms in total. The average Bonchev–Trinajstić information content (AvgIpc) is 2.45. The maximum atomic E-state index is 12.3. The second-order valence-electron chi connectivity index (χ2n) is 5.23. The molecule has 0 fully saturated rings. The monoisotopic (exact) mass is 358 g/mol. The lowest BCUT2D eigenvalue weighted by Crippen LogP contribution is -1.99. The highest BCUT2D eigenvalue weighted by Gasteiger charge is 2.33. The summed E-state index contributed by atoms with van der Waals surface area (Å²) >= 11 is 0. The summed E-state index contributed by atoms with van der Waals surface area (Å²) in [6, 6.07) is 0. The molecular formula is C14H29FO5P2. The van der Waals surface area contributed by atoms with Crippen LogP contribution in [0.15, 0.2) is 12.7 Å². The third-order valence-electron chi connectivity index (χ3n) is 3.06. The van der Waals surface area contributed by atoms with Crippen molar-refractivity contribution in [3.63, 3.8) is 0 Å². The minimum atomic E-state index is -3.96. The fourth-order valence-corrected chi connectivity index (χ4v) is 5.60. The zero-order valence-electron chi connectivity index (χ0n) is 13.7. The van der Waals surface area contributed by atoms with Gasteiger partial charge < -0.3 is 4.52 Å². The molecule has 0 aromatic heterocycles. The molecule has 0 aliphatic rings. The van der Waals surface area contributed by atoms with Crippen molar-refractivity contribution in [2.75, 3.05) is 19.4 Å². The molecule has 0 spiro atoms. The van der Waals surface area contributed by atoms with Gasteiger partial charge in [0, 0.05) is 6.66 Å². The molecule has 0 aromatic rings. The van der Waals surface area contributed by atoms with Crippen molar-refractivity contribution in [3.8, 4) is 0 Å². The number of halogens is 1. The van der Waals surface area contributed by atoms with E-state index in [1.807, 2.05) is 6.08 Å². The number of rotatable bonds is 15. The molecule has 132 valence electrons. The quantitative estimate of drug-likeness (QED) is 0.196. The molecule has 22 heavy (non-hydrogen) atoms. The number of allylic oxidation sites excluding steroid dienone is 1. The molecule has 0 aliphatic heterocycles. The van der Waals surface area contributed by atoms with Crippen LogP contribution in [0, 0.1) is 0 Å². The van der Waals surface area contributed by atoms with E-state index in [-0.39, 0.29) is 12.8 Å². The van der Waals surface area contributed by atoms with Crippen LogP contribution < -0.4 is 0 Å². The van der Waals surface area contributed by atoms with Crippen LogP contribution in [0.5, 0.6) is 0 Å². The van der Waals surface area contributed by atoms with Crippen molar-refractivity contribution in [2.45, 2.75) is 58.3 Å². The summed E-state index contributed by atoms with van der Waals surface area (Å²) in [4.78, 5) is 0. The Labute approximate surface area is 133 Å². The average molecular weight is 358 g/mol. The van der Waals surface area contributed by atoms with E-state index in [4.69, 9.17) is 8.83 Å². The summed E-state index contributed by atoms with van der Waals surface area (Å²) in [7, 11) is -7.53. The predicted molar refractivity (Wildman–Crippen MR) is 88.0 cm³/mol. The number of unbranched alkanes of at least 4 members (excludes halogenated alkanes) is 7. The number of hydrogen-bond donors (Lipinski definition) is 0. The van der Waals surface area contributed by atoms with Crippen molar-refractivity contribution in [2.24, 2.45) is 0 Å². The van der Waals surface area contributed by atoms with Crippen molar-refractivity contribution in [1.29, 1.82) is 0 Å². The fraction of sp³-hybridized carbons (Fsp3) is 0.857. The molecule has 2 unspecified atom stereocenters. The molecule has 2 atom stereocenters. The molecule has 0 aliphatic carbocycles. The first-order valence-corrected chi connectivity index (χ1v) is 11.5. The SMILES string of the molecule is C=CCCCCCCCCCP(=O)(OCC)OP(C)(=O)OF. The van der Waals surface area contributed by atoms with Gasteiger partial charge >= 0.3 is 15.2 Å². The first kappa shape index (κ1) is 22.0. The Morgan fingerprint density at radius 3 is 2.09 bits per heavy atom. The molecule has 0 N–H and O–H groups in total. The summed E-state index contributed by atoms with van der Waals surface area (Å²) in [6.07, 6.45) is 10.3. The van der Waals surface area contributed by atoms with Gasteiger partial charge in [-0.1, -0.05) is 38.2 Å². The Hall–Kier alpha value is 0.01000. The first-order chi connectivity index (χ1) is 10.4. The van der Waals surface area contributed by atoms with Gasteiger partial charge in [-0.05, 0) is 30.7 Å². The Morgan fingerprint density at radius 2 is 1.59 bits per heavy atom. The summed E-state index contributed by atoms with van der Waals surface area (Å²) in [6.45, 7) is 6.41. The van der Waals surface area contributed by atoms with Gasteiger partial charge in [0.2, 0.25) is 0 Å². The highest BCUT2D eigenvalue weighted by molar-refractivity contribution is 7.66. The Balaban J connectivity index is 3.93. The molecule has 0 saturated carbocycles. The summed E-state index contributed by atoms with van der Waals surface area (Å²) in [5.41, 5.74) is 0. The van der Waals surface area contributed by atoms with Crippen LogP contribution >= 0.6 is 15.2 Å². The largest absolute Gasteiger partial charge is 0.367 e. The van der Waals surface area contributed by atoms with Crippen LogP contribution in [0.2, 0.25) is 0 Å². The van der Waals surface area contributed by atoms with E-state index in [0.717, 1.165) is 32.3 Å². The van der Waals surface area contributed by atoms with Crippen LogP contribution in [-0.4, -0.2) is 19.4 Å². The fourth-order valence-electron chi connectivity index (χ4n) is 2.04. The molecule has 0 bridgehead atoms. The van der Waals surface area contributed by atoms with E-state index in [2.05, 4.69) is 11.3 Å². The van der Waals surface area contributed by atoms with Crippen LogP contribution in [0.3, 0.4) is 0 Å². The topological polar surface area (TPSA) is 61.8 Å². The third kappa shape index (κ3) is 11.6. The van der Waals surface area contributed by atoms with Crippen molar-refractivity contribution in [3.05, 3.63) is 12.7 Å². The second-order valence-corrected chi connectivity index (χ2v) is 9.49. The zero-order valence-corrected chi connectivity index (χ0v) is 15.5. The highest BCUT2D eigenvalue weighted by Crippen LogP contribution is 2.63. The van der Waals surface area contributed by atoms with Gasteiger partial charge in [0.15, 0.2) is 0 Å². The lowest BCUT2D eigenvalue weighted by molar-refractivity contribution is -0.0161. The third-order valence-corrected chi connectivity index (χ3v) is 7.01. The van der Waals surface area contributed by atoms with Gasteiger partial charge in [-0.25, -0.2) is 4.31 Å². The summed E-state index contributed by atoms with van der Waals surface area (Å²) in [5.74, 6) is 0. The molecule has 0 radical (unpaired) electrons. The van der Waals surface area contributed by atoms with Crippen molar-refractivity contribution < 1.29 is 27.2 Å². The highest BCUT2D eigenvalue weighted by atomic mass is 31.3. The molecule has 0 heterocycles. The minimum absolute atomic E-state index is 0.124. The van der Waals surface area contributed by atoms with Gasteiger partial charge in [-0.2, -0.15) is 0 Å². The van der Waals surface area contributed by atoms with Gasteiger partial charge in [-0.15, -0.1) is 11.3 Å². The lowest BCUT2D eigenvalue weighted by atomic mass is 10.1. The minimum Gasteiger partial charge on any atom is -0.309 e. The zero-order chi connectivity index (χ0) is 16.9. The molecular weight excluding hydrogens is 329 g/mol. The second kappa shape index (κ2) is 12.4. The molecule has 0 amide bonds. The first-order valence-electron chi connectivity index (χ1n) is 7.83. The van der Waals surface area contributed by atoms with E-state index in [0.29, 0.717) is 6.42 Å². The standard InChI is InChI=1S/C14H29FO5P2/c1-4-6-7-8-9-10-11-12-13-14-22(17,18-5-2)20-21(3,16)19-15/h4H,1,5-14H2,2-3H3. The predicted octanol–water partition coefficient (Wildman–Crippen LogP) is 6.26. The number of hydrogen-bond acceptors (Lipinski definition) is 5. The van der Waals surface area contributed by atoms with Crippen LogP contribution in [0.1, 0.15) is 58.3 Å². The molecule has 0 rings (SSSR count). The maximum absolute atomic E-state index is 12.3. The lowest BCUT2D eigenvalue weighted by Gasteiger charge is -2.19. The molecule has 8 heteroatoms. The Bertz CT molecular complexity index is 389. The van der Waals surface area contributed by atoms with Gasteiger partial charge in [0.25, 0.3) is 0 Å². The van der Waals surface area contributed by atoms with E-state index >= 15 is 0 Å². The summed E-state index contributed by atoms with van der Waals surface area (Å²) < 4.78 is 48.9. The van der Waals surface area contributed by atoms with Crippen LogP contribution in [-0.2, 0) is 22.7 Å². The molecule has 0 aromatic carbocycles.